The van der Waals surface area contributed by atoms with E-state index < -0.39 is 0 Å². The molecule has 4 heteroatoms. The van der Waals surface area contributed by atoms with E-state index in [1.807, 2.05) is 0 Å². The predicted octanol–water partition coefficient (Wildman–Crippen LogP) is 5.62. The van der Waals surface area contributed by atoms with Crippen LogP contribution >= 0.6 is 0 Å². The fourth-order valence-corrected chi connectivity index (χ4v) is 4.18. The molecule has 30 heavy (non-hydrogen) atoms. The predicted molar refractivity (Wildman–Crippen MR) is 124 cm³/mol. The fourth-order valence-electron chi connectivity index (χ4n) is 4.18. The zero-order chi connectivity index (χ0) is 20.8. The number of piperidine rings is 1. The molecule has 1 fully saturated rings. The number of hydrogen-bond acceptors (Lipinski definition) is 4. The van der Waals surface area contributed by atoms with Crippen LogP contribution in [0.1, 0.15) is 31.7 Å². The van der Waals surface area contributed by atoms with Gasteiger partial charge in [-0.3, -0.25) is 0 Å². The molecule has 0 saturated carbocycles. The van der Waals surface area contributed by atoms with Crippen LogP contribution < -0.4 is 9.64 Å². The van der Waals surface area contributed by atoms with Crippen molar-refractivity contribution in [1.29, 1.82) is 0 Å². The molecule has 2 aromatic rings. The first-order chi connectivity index (χ1) is 14.8. The number of hydrogen-bond donors (Lipinski definition) is 0. The smallest absolute Gasteiger partial charge is 0.225 e. The van der Waals surface area contributed by atoms with Gasteiger partial charge in [0.05, 0.1) is 19.5 Å². The molecule has 4 rings (SSSR count). The van der Waals surface area contributed by atoms with E-state index in [-0.39, 0.29) is 0 Å². The van der Waals surface area contributed by atoms with Gasteiger partial charge in [-0.2, -0.15) is 0 Å². The summed E-state index contributed by atoms with van der Waals surface area (Å²) in [6.07, 6.45) is 18.2. The first kappa shape index (κ1) is 20.1. The molecule has 0 atom stereocenters. The Kier molecular flexibility index (Phi) is 6.43. The molecule has 154 valence electrons. The van der Waals surface area contributed by atoms with Gasteiger partial charge in [0.2, 0.25) is 5.95 Å². The van der Waals surface area contributed by atoms with Gasteiger partial charge >= 0.3 is 0 Å². The van der Waals surface area contributed by atoms with Crippen LogP contribution in [0.25, 0.3) is 5.57 Å². The highest BCUT2D eigenvalue weighted by atomic mass is 16.5. The summed E-state index contributed by atoms with van der Waals surface area (Å²) in [4.78, 5) is 11.2. The molecule has 1 saturated heterocycles. The molecule has 1 aromatic carbocycles. The summed E-state index contributed by atoms with van der Waals surface area (Å²) in [5.41, 5.74) is 5.46. The molecular weight excluding hydrogens is 370 g/mol. The van der Waals surface area contributed by atoms with E-state index in [0.29, 0.717) is 11.7 Å². The van der Waals surface area contributed by atoms with E-state index >= 15 is 0 Å². The van der Waals surface area contributed by atoms with Crippen molar-refractivity contribution in [2.24, 2.45) is 5.92 Å². The van der Waals surface area contributed by atoms with Crippen molar-refractivity contribution in [2.45, 2.75) is 26.2 Å². The number of aromatic nitrogens is 2. The Balaban J connectivity index is 1.43. The van der Waals surface area contributed by atoms with Crippen LogP contribution in [0.5, 0.6) is 5.75 Å². The number of allylic oxidation sites excluding steroid dienone is 8. The van der Waals surface area contributed by atoms with E-state index in [9.17, 15) is 0 Å². The molecule has 0 unspecified atom stereocenters. The quantitative estimate of drug-likeness (QED) is 0.591. The van der Waals surface area contributed by atoms with Gasteiger partial charge in [-0.15, -0.1) is 0 Å². The van der Waals surface area contributed by atoms with E-state index in [2.05, 4.69) is 82.5 Å². The lowest BCUT2D eigenvalue weighted by Crippen LogP contribution is -2.35. The monoisotopic (exact) mass is 399 g/mol. The van der Waals surface area contributed by atoms with Crippen LogP contribution in [0.2, 0.25) is 0 Å². The molecule has 1 aliphatic carbocycles. The van der Waals surface area contributed by atoms with E-state index in [0.717, 1.165) is 38.3 Å². The Bertz CT molecular complexity index is 963. The first-order valence-corrected chi connectivity index (χ1v) is 10.7. The van der Waals surface area contributed by atoms with Gasteiger partial charge in [0.15, 0.2) is 5.75 Å². The molecule has 0 amide bonds. The SMILES string of the molecule is C/C=C\C(=C/C1=CCC(c2ccccc2)=C1)C1CCN(c2ncc(OC)cn2)CC1. The Morgan fingerprint density at radius 1 is 1.10 bits per heavy atom. The van der Waals surface area contributed by atoms with Crippen molar-refractivity contribution in [3.8, 4) is 5.75 Å². The third-order valence-corrected chi connectivity index (χ3v) is 5.84. The highest BCUT2D eigenvalue weighted by Crippen LogP contribution is 2.32. The highest BCUT2D eigenvalue weighted by Gasteiger charge is 2.23. The molecule has 2 aliphatic rings. The average molecular weight is 400 g/mol. The Labute approximate surface area is 179 Å². The fraction of sp³-hybridized carbons (Fsp3) is 0.308. The molecule has 2 heterocycles. The second kappa shape index (κ2) is 9.57. The first-order valence-electron chi connectivity index (χ1n) is 10.7. The van der Waals surface area contributed by atoms with Crippen molar-refractivity contribution in [1.82, 2.24) is 9.97 Å². The van der Waals surface area contributed by atoms with E-state index in [1.165, 1.54) is 22.3 Å². The lowest BCUT2D eigenvalue weighted by Gasteiger charge is -2.32. The van der Waals surface area contributed by atoms with Crippen LogP contribution in [0, 0.1) is 5.92 Å². The van der Waals surface area contributed by atoms with Crippen LogP contribution in [0.15, 0.2) is 84.3 Å². The Hall–Kier alpha value is -3.14. The average Bonchev–Trinajstić information content (AvgIpc) is 3.28. The Morgan fingerprint density at radius 3 is 2.50 bits per heavy atom. The van der Waals surface area contributed by atoms with Gasteiger partial charge in [-0.1, -0.05) is 60.7 Å². The molecule has 1 aliphatic heterocycles. The maximum absolute atomic E-state index is 5.16. The van der Waals surface area contributed by atoms with Gasteiger partial charge < -0.3 is 9.64 Å². The number of nitrogens with zero attached hydrogens (tertiary/aromatic N) is 3. The second-order valence-corrected chi connectivity index (χ2v) is 7.77. The van der Waals surface area contributed by atoms with Gasteiger partial charge in [0.1, 0.15) is 0 Å². The topological polar surface area (TPSA) is 38.2 Å². The highest BCUT2D eigenvalue weighted by molar-refractivity contribution is 5.74. The lowest BCUT2D eigenvalue weighted by atomic mass is 9.87. The molecular formula is C26H29N3O. The van der Waals surface area contributed by atoms with Gasteiger partial charge in [-0.05, 0) is 54.4 Å². The van der Waals surface area contributed by atoms with Crippen molar-refractivity contribution >= 4 is 11.5 Å². The van der Waals surface area contributed by atoms with Crippen LogP contribution in [0.4, 0.5) is 5.95 Å². The number of anilines is 1. The van der Waals surface area contributed by atoms with E-state index in [4.69, 9.17) is 4.74 Å². The van der Waals surface area contributed by atoms with Crippen molar-refractivity contribution in [3.63, 3.8) is 0 Å². The number of rotatable bonds is 6. The summed E-state index contributed by atoms with van der Waals surface area (Å²) in [5.74, 6) is 2.05. The molecule has 0 bridgehead atoms. The van der Waals surface area contributed by atoms with Gasteiger partial charge in [-0.25, -0.2) is 9.97 Å². The minimum atomic E-state index is 0.561. The summed E-state index contributed by atoms with van der Waals surface area (Å²) in [6, 6.07) is 10.7. The standard InChI is InChI=1S/C26H29N3O/c1-3-7-23(16-20-10-11-24(17-20)21-8-5-4-6-9-21)22-12-14-29(15-13-22)26-27-18-25(30-2)19-28-26/h3-10,16-19,22H,11-15H2,1-2H3/b7-3-,23-16+. The zero-order valence-corrected chi connectivity index (χ0v) is 17.8. The molecule has 0 spiro atoms. The lowest BCUT2D eigenvalue weighted by molar-refractivity contribution is 0.409. The third kappa shape index (κ3) is 4.70. The molecule has 0 radical (unpaired) electrons. The number of ether oxygens (including phenoxy) is 1. The van der Waals surface area contributed by atoms with Crippen molar-refractivity contribution in [3.05, 3.63) is 89.8 Å². The Morgan fingerprint density at radius 2 is 1.83 bits per heavy atom. The minimum absolute atomic E-state index is 0.561. The number of methoxy groups -OCH3 is 1. The number of benzene rings is 1. The molecule has 4 nitrogen and oxygen atoms in total. The summed E-state index contributed by atoms with van der Waals surface area (Å²) < 4.78 is 5.16. The van der Waals surface area contributed by atoms with Crippen LogP contribution in [0.3, 0.4) is 0 Å². The van der Waals surface area contributed by atoms with Crippen molar-refractivity contribution in [2.75, 3.05) is 25.1 Å². The molecule has 1 aromatic heterocycles. The molecule has 0 N–H and O–H groups in total. The van der Waals surface area contributed by atoms with E-state index in [1.54, 1.807) is 19.5 Å². The summed E-state index contributed by atoms with van der Waals surface area (Å²) in [5, 5.41) is 0. The van der Waals surface area contributed by atoms with Crippen LogP contribution in [-0.4, -0.2) is 30.2 Å². The largest absolute Gasteiger partial charge is 0.494 e. The van der Waals surface area contributed by atoms with Crippen molar-refractivity contribution < 1.29 is 4.74 Å². The van der Waals surface area contributed by atoms with Crippen LogP contribution in [-0.2, 0) is 0 Å². The van der Waals surface area contributed by atoms with Gasteiger partial charge in [0.25, 0.3) is 0 Å². The maximum Gasteiger partial charge on any atom is 0.225 e. The summed E-state index contributed by atoms with van der Waals surface area (Å²) in [6.45, 7) is 4.04. The zero-order valence-electron chi connectivity index (χ0n) is 17.8. The maximum atomic E-state index is 5.16. The second-order valence-electron chi connectivity index (χ2n) is 7.77. The third-order valence-electron chi connectivity index (χ3n) is 5.84. The summed E-state index contributed by atoms with van der Waals surface area (Å²) in [7, 11) is 1.64. The van der Waals surface area contributed by atoms with Gasteiger partial charge in [0, 0.05) is 13.1 Å². The normalized spacial score (nSPS) is 17.9. The minimum Gasteiger partial charge on any atom is -0.494 e. The summed E-state index contributed by atoms with van der Waals surface area (Å²) >= 11 is 0.